The molecule has 0 N–H and O–H groups in total. The van der Waals surface area contributed by atoms with Gasteiger partial charge >= 0.3 is 0 Å². The minimum absolute atomic E-state index is 0.748. The fraction of sp³-hybridized carbons (Fsp3) is 0.364. The molecule has 1 aromatic rings. The third kappa shape index (κ3) is 2.92. The SMILES string of the molecule is O=Cc1ccc(N2CCSSCC2)cc1. The van der Waals surface area contributed by atoms with E-state index in [0.29, 0.717) is 0 Å². The highest BCUT2D eigenvalue weighted by molar-refractivity contribution is 8.76. The Labute approximate surface area is 97.8 Å². The first-order chi connectivity index (χ1) is 7.40. The number of aldehydes is 1. The summed E-state index contributed by atoms with van der Waals surface area (Å²) in [4.78, 5) is 12.9. The first-order valence-corrected chi connectivity index (χ1v) is 7.43. The molecule has 0 radical (unpaired) electrons. The van der Waals surface area contributed by atoms with Crippen molar-refractivity contribution in [2.45, 2.75) is 0 Å². The first kappa shape index (κ1) is 10.9. The predicted molar refractivity (Wildman–Crippen MR) is 69.0 cm³/mol. The molecule has 1 aromatic carbocycles. The van der Waals surface area contributed by atoms with Crippen molar-refractivity contribution in [3.05, 3.63) is 29.8 Å². The zero-order valence-electron chi connectivity index (χ0n) is 8.39. The third-order valence-corrected chi connectivity index (χ3v) is 4.73. The number of carbonyl (C=O) groups is 1. The lowest BCUT2D eigenvalue weighted by Crippen LogP contribution is -2.26. The van der Waals surface area contributed by atoms with Gasteiger partial charge in [-0.05, 0) is 24.3 Å². The molecule has 2 nitrogen and oxygen atoms in total. The monoisotopic (exact) mass is 239 g/mol. The molecule has 0 bridgehead atoms. The minimum atomic E-state index is 0.748. The molecule has 4 heteroatoms. The van der Waals surface area contributed by atoms with Crippen molar-refractivity contribution >= 4 is 33.6 Å². The second-order valence-corrected chi connectivity index (χ2v) is 6.04. The van der Waals surface area contributed by atoms with Crippen LogP contribution in [0.3, 0.4) is 0 Å². The lowest BCUT2D eigenvalue weighted by Gasteiger charge is -2.21. The summed E-state index contributed by atoms with van der Waals surface area (Å²) in [6, 6.07) is 7.83. The summed E-state index contributed by atoms with van der Waals surface area (Å²) in [5.41, 5.74) is 1.97. The van der Waals surface area contributed by atoms with Gasteiger partial charge in [0, 0.05) is 35.8 Å². The summed E-state index contributed by atoms with van der Waals surface area (Å²) in [5, 5.41) is 0. The fourth-order valence-electron chi connectivity index (χ4n) is 1.55. The second-order valence-electron chi connectivity index (χ2n) is 3.34. The standard InChI is InChI=1S/C11H13NOS2/c13-9-10-1-3-11(4-2-10)12-5-7-14-15-8-6-12/h1-4,9H,5-8H2. The average Bonchev–Trinajstić information content (AvgIpc) is 2.58. The van der Waals surface area contributed by atoms with Gasteiger partial charge in [0.25, 0.3) is 0 Å². The van der Waals surface area contributed by atoms with Crippen LogP contribution in [-0.2, 0) is 0 Å². The van der Waals surface area contributed by atoms with Gasteiger partial charge in [-0.3, -0.25) is 4.79 Å². The van der Waals surface area contributed by atoms with Crippen LogP contribution in [0.2, 0.25) is 0 Å². The van der Waals surface area contributed by atoms with E-state index in [1.807, 2.05) is 45.9 Å². The summed E-state index contributed by atoms with van der Waals surface area (Å²) in [5.74, 6) is 2.33. The molecule has 0 aromatic heterocycles. The Bertz CT molecular complexity index is 318. The van der Waals surface area contributed by atoms with Gasteiger partial charge in [-0.25, -0.2) is 0 Å². The van der Waals surface area contributed by atoms with E-state index in [1.54, 1.807) is 0 Å². The Hall–Kier alpha value is -0.610. The molecular weight excluding hydrogens is 226 g/mol. The van der Waals surface area contributed by atoms with E-state index in [9.17, 15) is 4.79 Å². The van der Waals surface area contributed by atoms with Crippen LogP contribution in [0, 0.1) is 0 Å². The molecule has 0 spiro atoms. The Morgan fingerprint density at radius 3 is 2.20 bits per heavy atom. The quantitative estimate of drug-likeness (QED) is 0.584. The van der Waals surface area contributed by atoms with Crippen LogP contribution in [-0.4, -0.2) is 30.9 Å². The lowest BCUT2D eigenvalue weighted by atomic mass is 10.2. The van der Waals surface area contributed by atoms with Gasteiger partial charge in [0.05, 0.1) is 0 Å². The minimum Gasteiger partial charge on any atom is -0.370 e. The van der Waals surface area contributed by atoms with Crippen LogP contribution in [0.1, 0.15) is 10.4 Å². The molecule has 0 aliphatic carbocycles. The largest absolute Gasteiger partial charge is 0.370 e. The summed E-state index contributed by atoms with van der Waals surface area (Å²) in [7, 11) is 3.88. The molecule has 0 amide bonds. The topological polar surface area (TPSA) is 20.3 Å². The van der Waals surface area contributed by atoms with E-state index in [1.165, 1.54) is 17.2 Å². The van der Waals surface area contributed by atoms with E-state index in [-0.39, 0.29) is 0 Å². The maximum atomic E-state index is 10.5. The zero-order valence-corrected chi connectivity index (χ0v) is 10.0. The molecule has 0 atom stereocenters. The predicted octanol–water partition coefficient (Wildman–Crippen LogP) is 2.70. The van der Waals surface area contributed by atoms with Crippen LogP contribution >= 0.6 is 21.6 Å². The maximum absolute atomic E-state index is 10.5. The number of hydrogen-bond acceptors (Lipinski definition) is 4. The van der Waals surface area contributed by atoms with Crippen molar-refractivity contribution in [1.29, 1.82) is 0 Å². The summed E-state index contributed by atoms with van der Waals surface area (Å²) >= 11 is 0. The molecule has 2 rings (SSSR count). The Kier molecular flexibility index (Phi) is 3.97. The van der Waals surface area contributed by atoms with E-state index >= 15 is 0 Å². The van der Waals surface area contributed by atoms with Crippen molar-refractivity contribution in [2.75, 3.05) is 29.5 Å². The van der Waals surface area contributed by atoms with Gasteiger partial charge < -0.3 is 4.90 Å². The number of rotatable bonds is 2. The van der Waals surface area contributed by atoms with Crippen LogP contribution in [0.4, 0.5) is 5.69 Å². The Balaban J connectivity index is 2.09. The van der Waals surface area contributed by atoms with Crippen molar-refractivity contribution < 1.29 is 4.79 Å². The number of benzene rings is 1. The average molecular weight is 239 g/mol. The molecule has 15 heavy (non-hydrogen) atoms. The van der Waals surface area contributed by atoms with E-state index in [4.69, 9.17) is 0 Å². The van der Waals surface area contributed by atoms with Crippen molar-refractivity contribution in [3.8, 4) is 0 Å². The van der Waals surface area contributed by atoms with Crippen LogP contribution < -0.4 is 4.90 Å². The molecule has 80 valence electrons. The van der Waals surface area contributed by atoms with Crippen molar-refractivity contribution in [2.24, 2.45) is 0 Å². The highest BCUT2D eigenvalue weighted by Crippen LogP contribution is 2.26. The number of nitrogens with zero attached hydrogens (tertiary/aromatic N) is 1. The van der Waals surface area contributed by atoms with Gasteiger partial charge in [-0.1, -0.05) is 21.6 Å². The van der Waals surface area contributed by atoms with E-state index < -0.39 is 0 Å². The van der Waals surface area contributed by atoms with Gasteiger partial charge in [-0.2, -0.15) is 0 Å². The number of carbonyl (C=O) groups excluding carboxylic acids is 1. The first-order valence-electron chi connectivity index (χ1n) is 4.95. The Morgan fingerprint density at radius 1 is 1.07 bits per heavy atom. The normalized spacial score (nSPS) is 17.2. The fourth-order valence-corrected chi connectivity index (χ4v) is 3.53. The second kappa shape index (κ2) is 5.47. The van der Waals surface area contributed by atoms with Crippen LogP contribution in [0.25, 0.3) is 0 Å². The third-order valence-electron chi connectivity index (χ3n) is 2.37. The summed E-state index contributed by atoms with van der Waals surface area (Å²) < 4.78 is 0. The lowest BCUT2D eigenvalue weighted by molar-refractivity contribution is 0.112. The number of hydrogen-bond donors (Lipinski definition) is 0. The van der Waals surface area contributed by atoms with Crippen molar-refractivity contribution in [3.63, 3.8) is 0 Å². The molecule has 1 fully saturated rings. The van der Waals surface area contributed by atoms with Gasteiger partial charge in [0.15, 0.2) is 0 Å². The van der Waals surface area contributed by atoms with E-state index in [2.05, 4.69) is 4.90 Å². The molecule has 1 aliphatic rings. The smallest absolute Gasteiger partial charge is 0.150 e. The highest BCUT2D eigenvalue weighted by Gasteiger charge is 2.09. The molecule has 0 unspecified atom stereocenters. The van der Waals surface area contributed by atoms with E-state index in [0.717, 1.165) is 24.9 Å². The molecule has 1 saturated heterocycles. The molecular formula is C11H13NOS2. The Morgan fingerprint density at radius 2 is 1.67 bits per heavy atom. The molecule has 1 heterocycles. The van der Waals surface area contributed by atoms with Gasteiger partial charge in [-0.15, -0.1) is 0 Å². The van der Waals surface area contributed by atoms with Crippen LogP contribution in [0.15, 0.2) is 24.3 Å². The summed E-state index contributed by atoms with van der Waals surface area (Å²) in [6.07, 6.45) is 0.887. The maximum Gasteiger partial charge on any atom is 0.150 e. The van der Waals surface area contributed by atoms with Gasteiger partial charge in [0.2, 0.25) is 0 Å². The zero-order chi connectivity index (χ0) is 10.5. The highest BCUT2D eigenvalue weighted by atomic mass is 33.1. The summed E-state index contributed by atoms with van der Waals surface area (Å²) in [6.45, 7) is 2.19. The number of anilines is 1. The molecule has 1 aliphatic heterocycles. The van der Waals surface area contributed by atoms with Crippen LogP contribution in [0.5, 0.6) is 0 Å². The van der Waals surface area contributed by atoms with Gasteiger partial charge in [0.1, 0.15) is 6.29 Å². The van der Waals surface area contributed by atoms with Crippen molar-refractivity contribution in [1.82, 2.24) is 0 Å². The molecule has 0 saturated carbocycles.